The van der Waals surface area contributed by atoms with E-state index in [1.165, 1.54) is 18.9 Å². The number of carbonyl (C=O) groups is 2. The number of hydrogen-bond acceptors (Lipinski definition) is 5. The number of methoxy groups -OCH3 is 1. The first-order valence-corrected chi connectivity index (χ1v) is 12.0. The summed E-state index contributed by atoms with van der Waals surface area (Å²) in [6.45, 7) is 2.87. The van der Waals surface area contributed by atoms with Crippen molar-refractivity contribution in [3.63, 3.8) is 0 Å². The number of likely N-dealkylation sites (N-methyl/N-ethyl adjacent to an activating group) is 1. The quantitative estimate of drug-likeness (QED) is 0.560. The molecular weight excluding hydrogens is 456 g/mol. The van der Waals surface area contributed by atoms with Crippen LogP contribution in [0.1, 0.15) is 19.4 Å². The van der Waals surface area contributed by atoms with Crippen LogP contribution in [0, 0.1) is 11.6 Å². The highest BCUT2D eigenvalue weighted by molar-refractivity contribution is 7.92. The lowest BCUT2D eigenvalue weighted by atomic mass is 10.1. The number of hydrogen-bond donors (Lipinski definition) is 1. The number of halogens is 2. The molecule has 0 aromatic heterocycles. The van der Waals surface area contributed by atoms with Crippen LogP contribution in [-0.4, -0.2) is 57.6 Å². The van der Waals surface area contributed by atoms with Crippen molar-refractivity contribution in [2.24, 2.45) is 0 Å². The Labute approximate surface area is 192 Å². The van der Waals surface area contributed by atoms with Gasteiger partial charge in [-0.3, -0.25) is 13.9 Å². The minimum absolute atomic E-state index is 0.0102. The van der Waals surface area contributed by atoms with E-state index < -0.39 is 46.1 Å². The normalized spacial score (nSPS) is 12.1. The van der Waals surface area contributed by atoms with Crippen LogP contribution in [-0.2, 0) is 26.2 Å². The van der Waals surface area contributed by atoms with Crippen LogP contribution < -0.4 is 14.4 Å². The van der Waals surface area contributed by atoms with Crippen molar-refractivity contribution in [3.8, 4) is 5.75 Å². The zero-order chi connectivity index (χ0) is 24.8. The van der Waals surface area contributed by atoms with Crippen molar-refractivity contribution in [3.05, 3.63) is 59.7 Å². The average Bonchev–Trinajstić information content (AvgIpc) is 2.76. The summed E-state index contributed by atoms with van der Waals surface area (Å²) in [7, 11) is -2.55. The molecule has 0 saturated heterocycles. The second kappa shape index (κ2) is 11.1. The van der Waals surface area contributed by atoms with Crippen LogP contribution in [0.25, 0.3) is 0 Å². The zero-order valence-corrected chi connectivity index (χ0v) is 19.7. The summed E-state index contributed by atoms with van der Waals surface area (Å²) in [6.07, 6.45) is 0.848. The number of nitrogens with zero attached hydrogens (tertiary/aromatic N) is 2. The summed E-state index contributed by atoms with van der Waals surface area (Å²) in [6, 6.07) is 8.46. The number of benzene rings is 2. The monoisotopic (exact) mass is 483 g/mol. The average molecular weight is 484 g/mol. The SMILES string of the molecule is CCNC(=O)[C@H](C)N(Cc1cccc(OC)c1)C(=O)CN(c1ccc(F)c(F)c1)S(C)(=O)=O. The molecule has 0 unspecified atom stereocenters. The fourth-order valence-electron chi connectivity index (χ4n) is 3.13. The highest BCUT2D eigenvalue weighted by Gasteiger charge is 2.30. The molecule has 2 aromatic carbocycles. The van der Waals surface area contributed by atoms with Crippen LogP contribution >= 0.6 is 0 Å². The van der Waals surface area contributed by atoms with E-state index in [0.29, 0.717) is 28.2 Å². The molecule has 0 saturated carbocycles. The Bertz CT molecular complexity index is 1110. The standard InChI is InChI=1S/C22H27F2N3O5S/c1-5-25-22(29)15(2)26(13-16-7-6-8-18(11-16)32-3)21(28)14-27(33(4,30)31)17-9-10-19(23)20(24)12-17/h6-12,15H,5,13-14H2,1-4H3,(H,25,29)/t15-/m0/s1. The van der Waals surface area contributed by atoms with E-state index in [9.17, 15) is 26.8 Å². The van der Waals surface area contributed by atoms with Gasteiger partial charge in [0.2, 0.25) is 21.8 Å². The van der Waals surface area contributed by atoms with Gasteiger partial charge in [0.25, 0.3) is 0 Å². The molecule has 0 spiro atoms. The van der Waals surface area contributed by atoms with Crippen molar-refractivity contribution < 1.29 is 31.5 Å². The maximum absolute atomic E-state index is 13.7. The molecule has 11 heteroatoms. The topological polar surface area (TPSA) is 96.0 Å². The predicted molar refractivity (Wildman–Crippen MR) is 120 cm³/mol. The van der Waals surface area contributed by atoms with Gasteiger partial charge in [-0.05, 0) is 43.7 Å². The number of anilines is 1. The van der Waals surface area contributed by atoms with Crippen LogP contribution in [0.4, 0.5) is 14.5 Å². The maximum Gasteiger partial charge on any atom is 0.244 e. The second-order valence-electron chi connectivity index (χ2n) is 7.31. The fraction of sp³-hybridized carbons (Fsp3) is 0.364. The number of ether oxygens (including phenoxy) is 1. The molecule has 0 aliphatic heterocycles. The largest absolute Gasteiger partial charge is 0.497 e. The summed E-state index contributed by atoms with van der Waals surface area (Å²) < 4.78 is 57.7. The van der Waals surface area contributed by atoms with E-state index >= 15 is 0 Å². The van der Waals surface area contributed by atoms with Gasteiger partial charge in [0.1, 0.15) is 18.3 Å². The maximum atomic E-state index is 13.7. The Morgan fingerprint density at radius 1 is 1.12 bits per heavy atom. The molecule has 0 fully saturated rings. The van der Waals surface area contributed by atoms with Crippen molar-refractivity contribution in [1.29, 1.82) is 0 Å². The summed E-state index contributed by atoms with van der Waals surface area (Å²) >= 11 is 0. The van der Waals surface area contributed by atoms with E-state index in [4.69, 9.17) is 4.74 Å². The van der Waals surface area contributed by atoms with E-state index in [0.717, 1.165) is 18.4 Å². The van der Waals surface area contributed by atoms with E-state index in [-0.39, 0.29) is 12.2 Å². The van der Waals surface area contributed by atoms with Crippen LogP contribution in [0.3, 0.4) is 0 Å². The molecule has 2 aromatic rings. The molecule has 180 valence electrons. The summed E-state index contributed by atoms with van der Waals surface area (Å²) in [5.74, 6) is -2.98. The Balaban J connectivity index is 2.41. The first-order chi connectivity index (χ1) is 15.5. The Morgan fingerprint density at radius 2 is 1.82 bits per heavy atom. The minimum Gasteiger partial charge on any atom is -0.497 e. The van der Waals surface area contributed by atoms with Crippen molar-refractivity contribution >= 4 is 27.5 Å². The summed E-state index contributed by atoms with van der Waals surface area (Å²) in [5.41, 5.74) is 0.439. The molecule has 1 N–H and O–H groups in total. The molecular formula is C22H27F2N3O5S. The van der Waals surface area contributed by atoms with Crippen LogP contribution in [0.15, 0.2) is 42.5 Å². The molecule has 2 rings (SSSR count). The number of nitrogens with one attached hydrogen (secondary N) is 1. The molecule has 1 atom stereocenters. The zero-order valence-electron chi connectivity index (χ0n) is 18.8. The third-order valence-electron chi connectivity index (χ3n) is 4.88. The lowest BCUT2D eigenvalue weighted by Crippen LogP contribution is -2.51. The summed E-state index contributed by atoms with van der Waals surface area (Å²) in [5, 5.41) is 2.64. The Kier molecular flexibility index (Phi) is 8.75. The molecule has 0 radical (unpaired) electrons. The third-order valence-corrected chi connectivity index (χ3v) is 6.02. The van der Waals surface area contributed by atoms with Crippen molar-refractivity contribution in [2.75, 3.05) is 30.8 Å². The van der Waals surface area contributed by atoms with Gasteiger partial charge in [-0.1, -0.05) is 12.1 Å². The van der Waals surface area contributed by atoms with Gasteiger partial charge < -0.3 is 15.0 Å². The second-order valence-corrected chi connectivity index (χ2v) is 9.22. The molecule has 2 amide bonds. The smallest absolute Gasteiger partial charge is 0.244 e. The lowest BCUT2D eigenvalue weighted by Gasteiger charge is -2.31. The minimum atomic E-state index is -4.04. The van der Waals surface area contributed by atoms with Gasteiger partial charge in [0.15, 0.2) is 11.6 Å². The number of carbonyl (C=O) groups excluding carboxylic acids is 2. The van der Waals surface area contributed by atoms with Crippen molar-refractivity contribution in [2.45, 2.75) is 26.4 Å². The third kappa shape index (κ3) is 6.88. The molecule has 33 heavy (non-hydrogen) atoms. The molecule has 0 aliphatic carbocycles. The first kappa shape index (κ1) is 26.0. The van der Waals surface area contributed by atoms with Crippen molar-refractivity contribution in [1.82, 2.24) is 10.2 Å². The van der Waals surface area contributed by atoms with Crippen LogP contribution in [0.5, 0.6) is 5.75 Å². The Morgan fingerprint density at radius 3 is 2.39 bits per heavy atom. The van der Waals surface area contributed by atoms with Gasteiger partial charge in [0.05, 0.1) is 19.1 Å². The van der Waals surface area contributed by atoms with E-state index in [1.807, 2.05) is 0 Å². The molecule has 0 heterocycles. The number of amides is 2. The highest BCUT2D eigenvalue weighted by Crippen LogP contribution is 2.22. The summed E-state index contributed by atoms with van der Waals surface area (Å²) in [4.78, 5) is 27.0. The fourth-order valence-corrected chi connectivity index (χ4v) is 3.97. The first-order valence-electron chi connectivity index (χ1n) is 10.1. The van der Waals surface area contributed by atoms with E-state index in [2.05, 4.69) is 5.32 Å². The Hall–Kier alpha value is -3.21. The highest BCUT2D eigenvalue weighted by atomic mass is 32.2. The van der Waals surface area contributed by atoms with Gasteiger partial charge in [-0.2, -0.15) is 0 Å². The predicted octanol–water partition coefficient (Wildman–Crippen LogP) is 2.29. The van der Waals surface area contributed by atoms with Gasteiger partial charge in [-0.15, -0.1) is 0 Å². The van der Waals surface area contributed by atoms with Crippen LogP contribution in [0.2, 0.25) is 0 Å². The molecule has 0 aliphatic rings. The van der Waals surface area contributed by atoms with Gasteiger partial charge in [0, 0.05) is 19.2 Å². The molecule has 8 nitrogen and oxygen atoms in total. The number of sulfonamides is 1. The van der Waals surface area contributed by atoms with Gasteiger partial charge in [-0.25, -0.2) is 17.2 Å². The van der Waals surface area contributed by atoms with E-state index in [1.54, 1.807) is 31.2 Å². The lowest BCUT2D eigenvalue weighted by molar-refractivity contribution is -0.139. The number of rotatable bonds is 10. The molecule has 0 bridgehead atoms. The van der Waals surface area contributed by atoms with Gasteiger partial charge >= 0.3 is 0 Å².